The average Bonchev–Trinajstić information content (AvgIpc) is 2.67. The van der Waals surface area contributed by atoms with Crippen molar-refractivity contribution >= 4 is 16.8 Å². The van der Waals surface area contributed by atoms with Crippen molar-refractivity contribution in [1.29, 1.82) is 0 Å². The number of amides is 1. The summed E-state index contributed by atoms with van der Waals surface area (Å²) in [4.78, 5) is 33.8. The molecule has 1 aromatic heterocycles. The lowest BCUT2D eigenvalue weighted by atomic mass is 9.99. The molecule has 2 heterocycles. The third-order valence-corrected chi connectivity index (χ3v) is 5.33. The van der Waals surface area contributed by atoms with Crippen molar-refractivity contribution in [2.24, 2.45) is 5.92 Å². The highest BCUT2D eigenvalue weighted by molar-refractivity contribution is 5.77. The maximum atomic E-state index is 12.0. The molecule has 1 saturated heterocycles. The minimum absolute atomic E-state index is 0.0744. The second-order valence-electron chi connectivity index (χ2n) is 7.61. The molecule has 1 aliphatic heterocycles. The number of aryl methyl sites for hydroxylation is 1. The number of rotatable bonds is 8. The number of para-hydroxylation sites is 1. The van der Waals surface area contributed by atoms with E-state index in [1.807, 2.05) is 18.2 Å². The second-order valence-corrected chi connectivity index (χ2v) is 7.61. The molecule has 0 spiro atoms. The molecule has 1 amide bonds. The van der Waals surface area contributed by atoms with Crippen LogP contribution >= 0.6 is 0 Å². The summed E-state index contributed by atoms with van der Waals surface area (Å²) in [6.45, 7) is 6.49. The Labute approximate surface area is 160 Å². The van der Waals surface area contributed by atoms with Gasteiger partial charge in [-0.25, -0.2) is 4.98 Å². The molecule has 6 heteroatoms. The Morgan fingerprint density at radius 1 is 1.26 bits per heavy atom. The normalized spacial score (nSPS) is 15.9. The van der Waals surface area contributed by atoms with Crippen LogP contribution in [0.3, 0.4) is 0 Å². The van der Waals surface area contributed by atoms with Crippen LogP contribution in [0.5, 0.6) is 0 Å². The topological polar surface area (TPSA) is 78.1 Å². The number of hydrogen-bond acceptors (Lipinski definition) is 4. The van der Waals surface area contributed by atoms with E-state index in [2.05, 4.69) is 27.1 Å². The number of benzene rings is 1. The van der Waals surface area contributed by atoms with Crippen molar-refractivity contribution in [3.8, 4) is 0 Å². The van der Waals surface area contributed by atoms with E-state index in [0.717, 1.165) is 25.4 Å². The maximum Gasteiger partial charge on any atom is 0.258 e. The van der Waals surface area contributed by atoms with Crippen molar-refractivity contribution < 1.29 is 4.79 Å². The first-order chi connectivity index (χ1) is 13.1. The summed E-state index contributed by atoms with van der Waals surface area (Å²) in [5, 5.41) is 3.60. The van der Waals surface area contributed by atoms with E-state index in [4.69, 9.17) is 0 Å². The highest BCUT2D eigenvalue weighted by atomic mass is 16.1. The molecule has 0 atom stereocenters. The van der Waals surface area contributed by atoms with Crippen molar-refractivity contribution in [2.75, 3.05) is 26.2 Å². The minimum Gasteiger partial charge on any atom is -0.356 e. The summed E-state index contributed by atoms with van der Waals surface area (Å²) in [7, 11) is 0. The van der Waals surface area contributed by atoms with Crippen LogP contribution in [0.4, 0.5) is 0 Å². The molecule has 1 aliphatic rings. The van der Waals surface area contributed by atoms with Crippen molar-refractivity contribution in [2.45, 2.75) is 45.4 Å². The molecule has 6 nitrogen and oxygen atoms in total. The van der Waals surface area contributed by atoms with E-state index in [9.17, 15) is 9.59 Å². The zero-order valence-electron chi connectivity index (χ0n) is 16.2. The molecule has 27 heavy (non-hydrogen) atoms. The number of piperidine rings is 1. The molecule has 0 unspecified atom stereocenters. The number of carbonyl (C=O) groups excluding carboxylic acids is 1. The van der Waals surface area contributed by atoms with Crippen LogP contribution in [-0.4, -0.2) is 47.0 Å². The first kappa shape index (κ1) is 19.5. The summed E-state index contributed by atoms with van der Waals surface area (Å²) >= 11 is 0. The van der Waals surface area contributed by atoms with Crippen molar-refractivity contribution in [3.05, 3.63) is 40.4 Å². The maximum absolute atomic E-state index is 12.0. The molecule has 1 aromatic carbocycles. The minimum atomic E-state index is -0.118. The zero-order valence-corrected chi connectivity index (χ0v) is 16.2. The van der Waals surface area contributed by atoms with Crippen LogP contribution in [-0.2, 0) is 11.2 Å². The largest absolute Gasteiger partial charge is 0.356 e. The van der Waals surface area contributed by atoms with Crippen LogP contribution in [0.2, 0.25) is 0 Å². The van der Waals surface area contributed by atoms with Gasteiger partial charge < -0.3 is 15.2 Å². The third-order valence-electron chi connectivity index (χ3n) is 5.33. The number of hydrogen-bond donors (Lipinski definition) is 2. The monoisotopic (exact) mass is 370 g/mol. The number of aromatic amines is 1. The lowest BCUT2D eigenvalue weighted by molar-refractivity contribution is -0.121. The SMILES string of the molecule is CC1CCN(CCCNC(=O)CCCc2nc3ccccc3c(=O)[nH]2)CC1. The smallest absolute Gasteiger partial charge is 0.258 e. The first-order valence-corrected chi connectivity index (χ1v) is 10.1. The predicted octanol–water partition coefficient (Wildman–Crippen LogP) is 2.48. The molecule has 2 aromatic rings. The first-order valence-electron chi connectivity index (χ1n) is 10.1. The van der Waals surface area contributed by atoms with Crippen molar-refractivity contribution in [3.63, 3.8) is 0 Å². The van der Waals surface area contributed by atoms with Gasteiger partial charge in [-0.05, 0) is 63.4 Å². The predicted molar refractivity (Wildman–Crippen MR) is 108 cm³/mol. The highest BCUT2D eigenvalue weighted by Gasteiger charge is 2.14. The molecular weight excluding hydrogens is 340 g/mol. The van der Waals surface area contributed by atoms with Gasteiger partial charge in [0.15, 0.2) is 0 Å². The van der Waals surface area contributed by atoms with E-state index in [1.54, 1.807) is 6.07 Å². The molecule has 3 rings (SSSR count). The molecule has 0 radical (unpaired) electrons. The van der Waals surface area contributed by atoms with Gasteiger partial charge in [-0.1, -0.05) is 19.1 Å². The fourth-order valence-corrected chi connectivity index (χ4v) is 3.57. The van der Waals surface area contributed by atoms with Crippen LogP contribution in [0.25, 0.3) is 10.9 Å². The van der Waals surface area contributed by atoms with Crippen LogP contribution in [0, 0.1) is 5.92 Å². The van der Waals surface area contributed by atoms with Gasteiger partial charge in [-0.2, -0.15) is 0 Å². The quantitative estimate of drug-likeness (QED) is 0.700. The van der Waals surface area contributed by atoms with Gasteiger partial charge >= 0.3 is 0 Å². The molecule has 0 aliphatic carbocycles. The molecular formula is C21H30N4O2. The van der Waals surface area contributed by atoms with Gasteiger partial charge in [0, 0.05) is 19.4 Å². The number of nitrogens with zero attached hydrogens (tertiary/aromatic N) is 2. The van der Waals surface area contributed by atoms with Crippen molar-refractivity contribution in [1.82, 2.24) is 20.2 Å². The van der Waals surface area contributed by atoms with Gasteiger partial charge in [0.1, 0.15) is 5.82 Å². The summed E-state index contributed by atoms with van der Waals surface area (Å²) in [6, 6.07) is 7.30. The Hall–Kier alpha value is -2.21. The fraction of sp³-hybridized carbons (Fsp3) is 0.571. The van der Waals surface area contributed by atoms with Gasteiger partial charge in [0.2, 0.25) is 5.91 Å². The Kier molecular flexibility index (Phi) is 6.98. The molecule has 0 saturated carbocycles. The molecule has 146 valence electrons. The average molecular weight is 370 g/mol. The van der Waals surface area contributed by atoms with Gasteiger partial charge in [-0.15, -0.1) is 0 Å². The number of nitrogens with one attached hydrogen (secondary N) is 2. The van der Waals surface area contributed by atoms with Gasteiger partial charge in [0.05, 0.1) is 10.9 Å². The summed E-state index contributed by atoms with van der Waals surface area (Å²) in [5.74, 6) is 1.57. The fourth-order valence-electron chi connectivity index (χ4n) is 3.57. The lowest BCUT2D eigenvalue weighted by Crippen LogP contribution is -2.35. The Morgan fingerprint density at radius 3 is 2.85 bits per heavy atom. The van der Waals surface area contributed by atoms with E-state index < -0.39 is 0 Å². The van der Waals surface area contributed by atoms with Crippen LogP contribution in [0.1, 0.15) is 44.9 Å². The Bertz CT molecular complexity index is 809. The van der Waals surface area contributed by atoms with Crippen LogP contribution < -0.4 is 10.9 Å². The highest BCUT2D eigenvalue weighted by Crippen LogP contribution is 2.15. The molecule has 1 fully saturated rings. The van der Waals surface area contributed by atoms with E-state index in [1.165, 1.54) is 25.9 Å². The Morgan fingerprint density at radius 2 is 2.04 bits per heavy atom. The zero-order chi connectivity index (χ0) is 19.1. The number of carbonyl (C=O) groups is 1. The number of aromatic nitrogens is 2. The summed E-state index contributed by atoms with van der Waals surface area (Å²) in [6.07, 6.45) is 5.31. The standard InChI is InChI=1S/C21H30N4O2/c1-16-10-14-25(15-11-16)13-5-12-22-20(26)9-4-8-19-23-18-7-3-2-6-17(18)21(27)24-19/h2-3,6-7,16H,4-5,8-15H2,1H3,(H,22,26)(H,23,24,27). The molecule has 2 N–H and O–H groups in total. The van der Waals surface area contributed by atoms with Gasteiger partial charge in [0.25, 0.3) is 5.56 Å². The number of H-pyrrole nitrogens is 1. The number of likely N-dealkylation sites (tertiary alicyclic amines) is 1. The third kappa shape index (κ3) is 5.89. The summed E-state index contributed by atoms with van der Waals surface area (Å²) in [5.41, 5.74) is 0.583. The van der Waals surface area contributed by atoms with Crippen LogP contribution in [0.15, 0.2) is 29.1 Å². The number of fused-ring (bicyclic) bond motifs is 1. The van der Waals surface area contributed by atoms with Gasteiger partial charge in [-0.3, -0.25) is 9.59 Å². The van der Waals surface area contributed by atoms with E-state index in [0.29, 0.717) is 36.0 Å². The van der Waals surface area contributed by atoms with E-state index in [-0.39, 0.29) is 11.5 Å². The lowest BCUT2D eigenvalue weighted by Gasteiger charge is -2.30. The summed E-state index contributed by atoms with van der Waals surface area (Å²) < 4.78 is 0. The second kappa shape index (κ2) is 9.65. The van der Waals surface area contributed by atoms with E-state index >= 15 is 0 Å². The molecule has 0 bridgehead atoms. The Balaban J connectivity index is 1.33.